The minimum atomic E-state index is -0.425. The smallest absolute Gasteiger partial charge is 0.0616 e. The Morgan fingerprint density at radius 2 is 0.630 bits per heavy atom. The fourth-order valence-corrected chi connectivity index (χ4v) is 9.22. The van der Waals surface area contributed by atoms with E-state index < -0.39 is 24.2 Å². The quantitative estimate of drug-likeness (QED) is 0.125. The second-order valence-corrected chi connectivity index (χ2v) is 14.1. The van der Waals surface area contributed by atoms with Crippen molar-refractivity contribution in [3.05, 3.63) is 194 Å². The van der Waals surface area contributed by atoms with E-state index in [0.717, 1.165) is 75.4 Å². The van der Waals surface area contributed by atoms with Crippen molar-refractivity contribution in [3.63, 3.8) is 0 Å². The lowest BCUT2D eigenvalue weighted by molar-refractivity contribution is 1.71. The zero-order chi connectivity index (χ0) is 42.3. The van der Waals surface area contributed by atoms with E-state index in [9.17, 15) is 5.48 Å². The van der Waals surface area contributed by atoms with E-state index in [1.54, 1.807) is 0 Å². The van der Waals surface area contributed by atoms with Gasteiger partial charge >= 0.3 is 0 Å². The summed E-state index contributed by atoms with van der Waals surface area (Å²) in [4.78, 5) is 0. The first kappa shape index (κ1) is 22.8. The average molecular weight is 689 g/mol. The van der Waals surface area contributed by atoms with E-state index >= 15 is 0 Å². The number of fused-ring (bicyclic) bond motifs is 15. The highest BCUT2D eigenvalue weighted by Gasteiger charge is 2.22. The third-order valence-corrected chi connectivity index (χ3v) is 11.4. The van der Waals surface area contributed by atoms with Crippen LogP contribution in [0, 0.1) is 0 Å². The first-order valence-corrected chi connectivity index (χ1v) is 18.2. The predicted octanol–water partition coefficient (Wildman–Crippen LogP) is 15.4. The highest BCUT2D eigenvalue weighted by Crippen LogP contribution is 2.50. The summed E-state index contributed by atoms with van der Waals surface area (Å²) in [7, 11) is 0. The first-order chi connectivity index (χ1) is 30.2. The summed E-state index contributed by atoms with van der Waals surface area (Å²) in [6.45, 7) is 0. The number of benzene rings is 12. The molecule has 54 heavy (non-hydrogen) atoms. The molecule has 0 aromatic heterocycles. The van der Waals surface area contributed by atoms with E-state index in [4.69, 9.17) is 5.48 Å². The highest BCUT2D eigenvalue weighted by molar-refractivity contribution is 6.35. The zero-order valence-corrected chi connectivity index (χ0v) is 28.9. The molecule has 0 heteroatoms. The Labute approximate surface area is 323 Å². The summed E-state index contributed by atoms with van der Waals surface area (Å²) in [5.41, 5.74) is 1.90. The molecule has 12 rings (SSSR count). The maximum atomic E-state index is 9.78. The van der Waals surface area contributed by atoms with Gasteiger partial charge in [-0.2, -0.15) is 0 Å². The fourth-order valence-electron chi connectivity index (χ4n) is 9.22. The zero-order valence-electron chi connectivity index (χ0n) is 36.9. The standard InChI is InChI=1S/C54H32/c1-2-16-35-33(15-1)29-30-34-31-48(39-20-6-8-22-41(39)51(34)35)53-44-25-11-13-27-46(44)54(47-28-14-12-26-45(47)53)50-32-49-38-19-4-3-17-36(38)37-18-5-9-23-42(37)52(49)43-24-10-7-21-40(43)50/h1-32H/i11D,12D,13D,14D,25D,26D,27D,28D. The molecule has 12 aromatic rings. The Balaban J connectivity index is 1.37. The van der Waals surface area contributed by atoms with Crippen molar-refractivity contribution < 1.29 is 11.0 Å². The summed E-state index contributed by atoms with van der Waals surface area (Å²) in [6.07, 6.45) is 0. The van der Waals surface area contributed by atoms with Crippen LogP contribution in [-0.4, -0.2) is 0 Å². The minimum Gasteiger partial charge on any atom is -0.0616 e. The van der Waals surface area contributed by atoms with E-state index in [1.165, 1.54) is 0 Å². The summed E-state index contributed by atoms with van der Waals surface area (Å²) in [5, 5.41) is 14.4. The Morgan fingerprint density at radius 1 is 0.259 bits per heavy atom. The second kappa shape index (κ2) is 11.2. The Hall–Kier alpha value is -7.02. The predicted molar refractivity (Wildman–Crippen MR) is 235 cm³/mol. The van der Waals surface area contributed by atoms with Crippen molar-refractivity contribution in [1.29, 1.82) is 0 Å². The Kier molecular flexibility index (Phi) is 4.75. The van der Waals surface area contributed by atoms with Crippen LogP contribution >= 0.6 is 0 Å². The molecule has 0 aliphatic heterocycles. The SMILES string of the molecule is [2H]c1c([2H])c([2H])c2c(-c3cc4c5ccccc5c5ccccc5c4c4ccccc34)c3c([2H])c([2H])c([2H])c([2H])c3c(-c3cc4ccc5ccccc5c4c4ccccc34)c2c1[2H]. The van der Waals surface area contributed by atoms with Gasteiger partial charge in [0.25, 0.3) is 0 Å². The van der Waals surface area contributed by atoms with Crippen molar-refractivity contribution in [2.75, 3.05) is 0 Å². The van der Waals surface area contributed by atoms with Crippen LogP contribution in [0.5, 0.6) is 0 Å². The van der Waals surface area contributed by atoms with Crippen molar-refractivity contribution in [2.45, 2.75) is 0 Å². The van der Waals surface area contributed by atoms with Gasteiger partial charge in [-0.15, -0.1) is 0 Å². The molecule has 0 bridgehead atoms. The van der Waals surface area contributed by atoms with Crippen molar-refractivity contribution in [3.8, 4) is 22.3 Å². The van der Waals surface area contributed by atoms with Gasteiger partial charge in [-0.05, 0) is 131 Å². The van der Waals surface area contributed by atoms with Crippen molar-refractivity contribution >= 4 is 97.0 Å². The lowest BCUT2D eigenvalue weighted by Gasteiger charge is -2.22. The van der Waals surface area contributed by atoms with E-state index in [-0.39, 0.29) is 45.7 Å². The van der Waals surface area contributed by atoms with Crippen LogP contribution in [0.25, 0.3) is 119 Å². The maximum absolute atomic E-state index is 9.78. The molecule has 0 fully saturated rings. The topological polar surface area (TPSA) is 0 Å². The van der Waals surface area contributed by atoms with Gasteiger partial charge in [0.15, 0.2) is 0 Å². The van der Waals surface area contributed by atoms with Crippen LogP contribution in [0.3, 0.4) is 0 Å². The van der Waals surface area contributed by atoms with Crippen LogP contribution in [0.4, 0.5) is 0 Å². The molecule has 12 aromatic carbocycles. The molecule has 0 radical (unpaired) electrons. The van der Waals surface area contributed by atoms with Crippen LogP contribution in [0.1, 0.15) is 11.0 Å². The van der Waals surface area contributed by atoms with Crippen LogP contribution < -0.4 is 0 Å². The first-order valence-electron chi connectivity index (χ1n) is 22.2. The number of rotatable bonds is 2. The Morgan fingerprint density at radius 3 is 1.19 bits per heavy atom. The number of hydrogen-bond donors (Lipinski definition) is 0. The fraction of sp³-hybridized carbons (Fsp3) is 0. The van der Waals surface area contributed by atoms with Gasteiger partial charge in [0.2, 0.25) is 0 Å². The van der Waals surface area contributed by atoms with Gasteiger partial charge < -0.3 is 0 Å². The summed E-state index contributed by atoms with van der Waals surface area (Å²) in [5.74, 6) is 0. The number of hydrogen-bond acceptors (Lipinski definition) is 0. The molecule has 0 saturated carbocycles. The van der Waals surface area contributed by atoms with Gasteiger partial charge in [0, 0.05) is 0 Å². The van der Waals surface area contributed by atoms with Gasteiger partial charge in [-0.25, -0.2) is 0 Å². The maximum Gasteiger partial charge on any atom is 0.0629 e. The molecule has 0 saturated heterocycles. The average Bonchev–Trinajstić information content (AvgIpc) is 3.32. The normalized spacial score (nSPS) is 14.1. The van der Waals surface area contributed by atoms with Crippen LogP contribution in [-0.2, 0) is 0 Å². The lowest BCUT2D eigenvalue weighted by atomic mass is 9.81. The lowest BCUT2D eigenvalue weighted by Crippen LogP contribution is -1.94. The van der Waals surface area contributed by atoms with Gasteiger partial charge in [-0.3, -0.25) is 0 Å². The third-order valence-electron chi connectivity index (χ3n) is 11.4. The van der Waals surface area contributed by atoms with Gasteiger partial charge in [-0.1, -0.05) is 182 Å². The third kappa shape index (κ3) is 4.03. The monoisotopic (exact) mass is 688 g/mol. The molecule has 0 nitrogen and oxygen atoms in total. The van der Waals surface area contributed by atoms with Crippen LogP contribution in [0.2, 0.25) is 0 Å². The molecule has 0 heterocycles. The minimum absolute atomic E-state index is 0.195. The molecule has 248 valence electrons. The van der Waals surface area contributed by atoms with Gasteiger partial charge in [0.1, 0.15) is 0 Å². The van der Waals surface area contributed by atoms with E-state index in [1.807, 2.05) is 91.0 Å². The molecule has 0 amide bonds. The second-order valence-electron chi connectivity index (χ2n) is 14.1. The Bertz CT molecular complexity index is 3940. The molecule has 0 N–H and O–H groups in total. The molecule has 0 atom stereocenters. The molecular weight excluding hydrogens is 649 g/mol. The van der Waals surface area contributed by atoms with Gasteiger partial charge in [0.05, 0.1) is 11.0 Å². The highest BCUT2D eigenvalue weighted by atomic mass is 14.2. The van der Waals surface area contributed by atoms with Crippen LogP contribution in [0.15, 0.2) is 194 Å². The largest absolute Gasteiger partial charge is 0.0629 e. The van der Waals surface area contributed by atoms with E-state index in [0.29, 0.717) is 22.3 Å². The molecule has 0 aliphatic carbocycles. The summed E-state index contributed by atoms with van der Waals surface area (Å²) >= 11 is 0. The molecule has 0 aliphatic rings. The van der Waals surface area contributed by atoms with Crippen molar-refractivity contribution in [2.24, 2.45) is 0 Å². The molecular formula is C54H32. The molecule has 0 unspecified atom stereocenters. The van der Waals surface area contributed by atoms with Crippen molar-refractivity contribution in [1.82, 2.24) is 0 Å². The van der Waals surface area contributed by atoms with E-state index in [2.05, 4.69) is 54.6 Å². The summed E-state index contributed by atoms with van der Waals surface area (Å²) < 4.78 is 75.6. The molecule has 0 spiro atoms. The summed E-state index contributed by atoms with van der Waals surface area (Å²) in [6, 6.07) is 46.0.